The molecule has 0 aliphatic carbocycles. The molecular formula is C17H19N3. The number of aryl methyl sites for hydroxylation is 2. The van der Waals surface area contributed by atoms with Gasteiger partial charge in [0, 0.05) is 23.6 Å². The summed E-state index contributed by atoms with van der Waals surface area (Å²) >= 11 is 0. The summed E-state index contributed by atoms with van der Waals surface area (Å²) in [6.45, 7) is 4.94. The number of H-pyrrole nitrogens is 1. The highest BCUT2D eigenvalue weighted by Crippen LogP contribution is 2.25. The van der Waals surface area contributed by atoms with E-state index < -0.39 is 0 Å². The van der Waals surface area contributed by atoms with Gasteiger partial charge in [-0.25, -0.2) is 0 Å². The zero-order valence-corrected chi connectivity index (χ0v) is 11.8. The molecule has 3 aromatic rings. The van der Waals surface area contributed by atoms with E-state index in [1.807, 2.05) is 12.1 Å². The number of nitrogens with one attached hydrogen (secondary N) is 2. The maximum absolute atomic E-state index is 6.07. The van der Waals surface area contributed by atoms with Crippen LogP contribution in [0.3, 0.4) is 0 Å². The molecule has 0 fully saturated rings. The van der Waals surface area contributed by atoms with Gasteiger partial charge < -0.3 is 16.0 Å². The molecule has 1 heterocycles. The summed E-state index contributed by atoms with van der Waals surface area (Å²) in [5, 5.41) is 4.68. The van der Waals surface area contributed by atoms with Gasteiger partial charge in [0.25, 0.3) is 0 Å². The Morgan fingerprint density at radius 1 is 1.10 bits per heavy atom. The molecular weight excluding hydrogens is 246 g/mol. The fourth-order valence-corrected chi connectivity index (χ4v) is 2.46. The molecule has 0 unspecified atom stereocenters. The lowest BCUT2D eigenvalue weighted by molar-refractivity contribution is 1.16. The highest BCUT2D eigenvalue weighted by molar-refractivity contribution is 5.83. The minimum atomic E-state index is 0.761. The largest absolute Gasteiger partial charge is 0.397 e. The molecule has 0 radical (unpaired) electrons. The van der Waals surface area contributed by atoms with Gasteiger partial charge in [-0.3, -0.25) is 0 Å². The van der Waals surface area contributed by atoms with Crippen molar-refractivity contribution >= 4 is 22.3 Å². The second-order valence-corrected chi connectivity index (χ2v) is 5.24. The number of benzene rings is 2. The third-order valence-electron chi connectivity index (χ3n) is 3.81. The number of nitrogen functional groups attached to an aromatic ring is 1. The average Bonchev–Trinajstić information content (AvgIpc) is 2.85. The summed E-state index contributed by atoms with van der Waals surface area (Å²) in [4.78, 5) is 3.29. The number of rotatable bonds is 3. The van der Waals surface area contributed by atoms with Crippen molar-refractivity contribution in [1.82, 2.24) is 4.98 Å². The average molecular weight is 265 g/mol. The molecule has 102 valence electrons. The Labute approximate surface area is 118 Å². The van der Waals surface area contributed by atoms with Crippen LogP contribution in [-0.4, -0.2) is 4.98 Å². The van der Waals surface area contributed by atoms with E-state index in [4.69, 9.17) is 5.73 Å². The topological polar surface area (TPSA) is 53.8 Å². The van der Waals surface area contributed by atoms with Crippen LogP contribution in [0.25, 0.3) is 10.9 Å². The van der Waals surface area contributed by atoms with Crippen LogP contribution in [0.1, 0.15) is 16.7 Å². The number of nitrogens with two attached hydrogens (primary N) is 1. The van der Waals surface area contributed by atoms with Crippen LogP contribution in [0, 0.1) is 13.8 Å². The van der Waals surface area contributed by atoms with Crippen molar-refractivity contribution < 1.29 is 0 Å². The normalized spacial score (nSPS) is 10.9. The second-order valence-electron chi connectivity index (χ2n) is 5.24. The summed E-state index contributed by atoms with van der Waals surface area (Å²) in [7, 11) is 0. The van der Waals surface area contributed by atoms with Crippen LogP contribution in [0.2, 0.25) is 0 Å². The summed E-state index contributed by atoms with van der Waals surface area (Å²) in [5.74, 6) is 0. The summed E-state index contributed by atoms with van der Waals surface area (Å²) < 4.78 is 0. The molecule has 1 aromatic heterocycles. The smallest absolute Gasteiger partial charge is 0.0579 e. The van der Waals surface area contributed by atoms with Crippen LogP contribution in [0.4, 0.5) is 11.4 Å². The quantitative estimate of drug-likeness (QED) is 0.627. The van der Waals surface area contributed by atoms with Crippen LogP contribution >= 0.6 is 0 Å². The lowest BCUT2D eigenvalue weighted by atomic mass is 10.1. The highest BCUT2D eigenvalue weighted by atomic mass is 14.9. The number of fused-ring (bicyclic) bond motifs is 1. The summed E-state index contributed by atoms with van der Waals surface area (Å²) in [6.07, 6.45) is 2.05. The predicted octanol–water partition coefficient (Wildman–Crippen LogP) is 3.98. The van der Waals surface area contributed by atoms with Gasteiger partial charge in [-0.1, -0.05) is 18.2 Å². The van der Waals surface area contributed by atoms with Gasteiger partial charge in [0.15, 0.2) is 0 Å². The maximum Gasteiger partial charge on any atom is 0.0579 e. The summed E-state index contributed by atoms with van der Waals surface area (Å²) in [5.41, 5.74) is 12.8. The Kier molecular flexibility index (Phi) is 3.11. The lowest BCUT2D eigenvalue weighted by Crippen LogP contribution is -2.03. The SMILES string of the molecule is Cc1cc(N)c(NCc2c[nH]c3ccccc23)cc1C. The van der Waals surface area contributed by atoms with E-state index in [0.29, 0.717) is 0 Å². The third-order valence-corrected chi connectivity index (χ3v) is 3.81. The van der Waals surface area contributed by atoms with Gasteiger partial charge in [-0.05, 0) is 48.7 Å². The van der Waals surface area contributed by atoms with Crippen molar-refractivity contribution in [3.63, 3.8) is 0 Å². The van der Waals surface area contributed by atoms with E-state index in [-0.39, 0.29) is 0 Å². The van der Waals surface area contributed by atoms with Crippen molar-refractivity contribution in [2.45, 2.75) is 20.4 Å². The van der Waals surface area contributed by atoms with Gasteiger partial charge in [-0.2, -0.15) is 0 Å². The molecule has 0 saturated heterocycles. The first-order chi connectivity index (χ1) is 9.65. The zero-order valence-electron chi connectivity index (χ0n) is 11.8. The zero-order chi connectivity index (χ0) is 14.1. The van der Waals surface area contributed by atoms with E-state index >= 15 is 0 Å². The first-order valence-electron chi connectivity index (χ1n) is 6.81. The van der Waals surface area contributed by atoms with Crippen LogP contribution < -0.4 is 11.1 Å². The molecule has 20 heavy (non-hydrogen) atoms. The number of anilines is 2. The van der Waals surface area contributed by atoms with Crippen molar-refractivity contribution in [2.24, 2.45) is 0 Å². The molecule has 0 aliphatic heterocycles. The first kappa shape index (κ1) is 12.6. The van der Waals surface area contributed by atoms with Gasteiger partial charge in [-0.15, -0.1) is 0 Å². The molecule has 0 saturated carbocycles. The minimum Gasteiger partial charge on any atom is -0.397 e. The second kappa shape index (κ2) is 4.93. The molecule has 3 nitrogen and oxygen atoms in total. The number of aromatic amines is 1. The minimum absolute atomic E-state index is 0.761. The summed E-state index contributed by atoms with van der Waals surface area (Å²) in [6, 6.07) is 12.4. The van der Waals surface area contributed by atoms with E-state index in [1.165, 1.54) is 22.1 Å². The fourth-order valence-electron chi connectivity index (χ4n) is 2.46. The van der Waals surface area contributed by atoms with E-state index in [9.17, 15) is 0 Å². The highest BCUT2D eigenvalue weighted by Gasteiger charge is 2.05. The first-order valence-corrected chi connectivity index (χ1v) is 6.81. The predicted molar refractivity (Wildman–Crippen MR) is 86.0 cm³/mol. The Balaban J connectivity index is 1.85. The molecule has 3 heteroatoms. The Bertz CT molecular complexity index is 756. The molecule has 0 bridgehead atoms. The van der Waals surface area contributed by atoms with Gasteiger partial charge >= 0.3 is 0 Å². The van der Waals surface area contributed by atoms with Crippen LogP contribution in [-0.2, 0) is 6.54 Å². The van der Waals surface area contributed by atoms with E-state index in [1.54, 1.807) is 0 Å². The Morgan fingerprint density at radius 3 is 2.70 bits per heavy atom. The molecule has 0 spiro atoms. The van der Waals surface area contributed by atoms with Crippen molar-refractivity contribution in [1.29, 1.82) is 0 Å². The Morgan fingerprint density at radius 2 is 1.85 bits per heavy atom. The van der Waals surface area contributed by atoms with E-state index in [2.05, 4.69) is 54.6 Å². The van der Waals surface area contributed by atoms with Gasteiger partial charge in [0.2, 0.25) is 0 Å². The maximum atomic E-state index is 6.07. The number of hydrogen-bond donors (Lipinski definition) is 3. The van der Waals surface area contributed by atoms with Crippen LogP contribution in [0.5, 0.6) is 0 Å². The lowest BCUT2D eigenvalue weighted by Gasteiger charge is -2.11. The number of hydrogen-bond acceptors (Lipinski definition) is 2. The standard InChI is InChI=1S/C17H19N3/c1-11-7-15(18)17(8-12(11)2)20-10-13-9-19-16-6-4-3-5-14(13)16/h3-9,19-20H,10,18H2,1-2H3. The molecule has 3 rings (SSSR count). The Hall–Kier alpha value is -2.42. The fraction of sp³-hybridized carbons (Fsp3) is 0.176. The molecule has 4 N–H and O–H groups in total. The number of aromatic nitrogens is 1. The monoisotopic (exact) mass is 265 g/mol. The van der Waals surface area contributed by atoms with Crippen molar-refractivity contribution in [3.05, 3.63) is 59.3 Å². The van der Waals surface area contributed by atoms with E-state index in [0.717, 1.165) is 23.4 Å². The van der Waals surface area contributed by atoms with Crippen molar-refractivity contribution in [3.8, 4) is 0 Å². The number of para-hydroxylation sites is 1. The molecule has 0 aliphatic rings. The molecule has 0 atom stereocenters. The van der Waals surface area contributed by atoms with Gasteiger partial charge in [0.1, 0.15) is 0 Å². The third kappa shape index (κ3) is 2.23. The van der Waals surface area contributed by atoms with Gasteiger partial charge in [0.05, 0.1) is 11.4 Å². The van der Waals surface area contributed by atoms with Crippen LogP contribution in [0.15, 0.2) is 42.6 Å². The van der Waals surface area contributed by atoms with Crippen molar-refractivity contribution in [2.75, 3.05) is 11.1 Å². The molecule has 2 aromatic carbocycles. The molecule has 0 amide bonds.